The molecule has 2 nitrogen and oxygen atoms in total. The fourth-order valence-corrected chi connectivity index (χ4v) is 0.883. The number of rotatable bonds is 3. The third-order valence-corrected chi connectivity index (χ3v) is 1.55. The molecule has 0 bridgehead atoms. The van der Waals surface area contributed by atoms with Crippen molar-refractivity contribution in [1.29, 1.82) is 5.26 Å². The van der Waals surface area contributed by atoms with Crippen LogP contribution in [0.5, 0.6) is 5.75 Å². The highest BCUT2D eigenvalue weighted by Gasteiger charge is 2.02. The summed E-state index contributed by atoms with van der Waals surface area (Å²) in [7, 11) is 0. The lowest BCUT2D eigenvalue weighted by Crippen LogP contribution is -1.98. The van der Waals surface area contributed by atoms with Gasteiger partial charge in [-0.3, -0.25) is 0 Å². The van der Waals surface area contributed by atoms with Crippen molar-refractivity contribution in [2.24, 2.45) is 0 Å². The van der Waals surface area contributed by atoms with Gasteiger partial charge in [-0.2, -0.15) is 5.26 Å². The molecule has 14 heavy (non-hydrogen) atoms. The summed E-state index contributed by atoms with van der Waals surface area (Å²) in [6, 6.07) is 5.89. The van der Waals surface area contributed by atoms with E-state index in [1.165, 1.54) is 12.1 Å². The molecule has 0 N–H and O–H groups in total. The maximum absolute atomic E-state index is 13.0. The van der Waals surface area contributed by atoms with E-state index in [0.717, 1.165) is 5.57 Å². The van der Waals surface area contributed by atoms with Crippen molar-refractivity contribution < 1.29 is 9.13 Å². The maximum atomic E-state index is 13.0. The largest absolute Gasteiger partial charge is 0.489 e. The lowest BCUT2D eigenvalue weighted by atomic mass is 10.2. The number of nitriles is 1. The average Bonchev–Trinajstić information content (AvgIpc) is 2.15. The summed E-state index contributed by atoms with van der Waals surface area (Å²) in [5.41, 5.74) is 0.877. The molecule has 0 saturated carbocycles. The summed E-state index contributed by atoms with van der Waals surface area (Å²) in [6.07, 6.45) is 0. The Morgan fingerprint density at radius 3 is 2.86 bits per heavy atom. The van der Waals surface area contributed by atoms with Crippen molar-refractivity contribution in [3.63, 3.8) is 0 Å². The van der Waals surface area contributed by atoms with Gasteiger partial charge in [-0.15, -0.1) is 0 Å². The molecule has 1 aromatic carbocycles. The molecular weight excluding hydrogens is 181 g/mol. The van der Waals surface area contributed by atoms with Gasteiger partial charge in [0.1, 0.15) is 24.2 Å². The zero-order valence-electron chi connectivity index (χ0n) is 7.88. The minimum atomic E-state index is -0.563. The van der Waals surface area contributed by atoms with Gasteiger partial charge in [0.25, 0.3) is 0 Å². The van der Waals surface area contributed by atoms with Crippen LogP contribution in [0.2, 0.25) is 0 Å². The van der Waals surface area contributed by atoms with E-state index in [1.807, 2.05) is 6.92 Å². The second-order valence-corrected chi connectivity index (χ2v) is 3.00. The van der Waals surface area contributed by atoms with Crippen LogP contribution in [0.25, 0.3) is 0 Å². The highest BCUT2D eigenvalue weighted by molar-refractivity contribution is 5.36. The minimum Gasteiger partial charge on any atom is -0.489 e. The molecule has 1 rings (SSSR count). The smallest absolute Gasteiger partial charge is 0.144 e. The first-order valence-electron chi connectivity index (χ1n) is 4.10. The van der Waals surface area contributed by atoms with Crippen LogP contribution < -0.4 is 4.74 Å². The van der Waals surface area contributed by atoms with Gasteiger partial charge >= 0.3 is 0 Å². The molecule has 1 aromatic rings. The highest BCUT2D eigenvalue weighted by Crippen LogP contribution is 2.16. The van der Waals surface area contributed by atoms with E-state index < -0.39 is 5.82 Å². The monoisotopic (exact) mass is 191 g/mol. The van der Waals surface area contributed by atoms with E-state index in [0.29, 0.717) is 12.4 Å². The molecule has 0 saturated heterocycles. The van der Waals surface area contributed by atoms with Crippen LogP contribution in [0, 0.1) is 17.1 Å². The van der Waals surface area contributed by atoms with Crippen LogP contribution >= 0.6 is 0 Å². The molecule has 0 aliphatic carbocycles. The molecule has 0 spiro atoms. The number of halogens is 1. The summed E-state index contributed by atoms with van der Waals surface area (Å²) < 4.78 is 18.2. The minimum absolute atomic E-state index is 0.0210. The predicted octanol–water partition coefficient (Wildman–Crippen LogP) is 2.65. The molecule has 0 fully saturated rings. The summed E-state index contributed by atoms with van der Waals surface area (Å²) in [4.78, 5) is 0. The quantitative estimate of drug-likeness (QED) is 0.688. The zero-order valence-corrected chi connectivity index (χ0v) is 7.88. The van der Waals surface area contributed by atoms with Crippen LogP contribution in [-0.2, 0) is 0 Å². The SMILES string of the molecule is C=C(C)COc1ccc(C#N)c(F)c1. The lowest BCUT2D eigenvalue weighted by molar-refractivity contribution is 0.350. The molecule has 0 amide bonds. The molecule has 0 aromatic heterocycles. The third-order valence-electron chi connectivity index (χ3n) is 1.55. The van der Waals surface area contributed by atoms with Crippen molar-refractivity contribution in [2.75, 3.05) is 6.61 Å². The number of hydrogen-bond acceptors (Lipinski definition) is 2. The summed E-state index contributed by atoms with van der Waals surface area (Å²) in [5.74, 6) is -0.156. The maximum Gasteiger partial charge on any atom is 0.144 e. The van der Waals surface area contributed by atoms with Gasteiger partial charge in [0.05, 0.1) is 5.56 Å². The molecule has 0 unspecified atom stereocenters. The average molecular weight is 191 g/mol. The van der Waals surface area contributed by atoms with Crippen LogP contribution in [0.1, 0.15) is 12.5 Å². The predicted molar refractivity (Wildman–Crippen MR) is 51.4 cm³/mol. The highest BCUT2D eigenvalue weighted by atomic mass is 19.1. The van der Waals surface area contributed by atoms with Gasteiger partial charge in [-0.25, -0.2) is 4.39 Å². The fraction of sp³-hybridized carbons (Fsp3) is 0.182. The first-order valence-corrected chi connectivity index (χ1v) is 4.10. The molecule has 0 heterocycles. The Hall–Kier alpha value is -1.82. The van der Waals surface area contributed by atoms with E-state index in [9.17, 15) is 4.39 Å². The van der Waals surface area contributed by atoms with Gasteiger partial charge < -0.3 is 4.74 Å². The number of benzene rings is 1. The van der Waals surface area contributed by atoms with Crippen LogP contribution in [0.3, 0.4) is 0 Å². The standard InChI is InChI=1S/C11H10FNO/c1-8(2)7-14-10-4-3-9(6-13)11(12)5-10/h3-5H,1,7H2,2H3. The van der Waals surface area contributed by atoms with E-state index >= 15 is 0 Å². The Morgan fingerprint density at radius 2 is 2.36 bits per heavy atom. The molecule has 3 heteroatoms. The normalized spacial score (nSPS) is 9.21. The molecule has 0 radical (unpaired) electrons. The Kier molecular flexibility index (Phi) is 3.24. The Bertz CT molecular complexity index is 393. The second kappa shape index (κ2) is 4.43. The van der Waals surface area contributed by atoms with Crippen LogP contribution in [-0.4, -0.2) is 6.61 Å². The number of ether oxygens (including phenoxy) is 1. The lowest BCUT2D eigenvalue weighted by Gasteiger charge is -2.05. The molecule has 72 valence electrons. The topological polar surface area (TPSA) is 33.0 Å². The summed E-state index contributed by atoms with van der Waals surface area (Å²) in [5, 5.41) is 8.48. The van der Waals surface area contributed by atoms with E-state index in [-0.39, 0.29) is 5.56 Å². The van der Waals surface area contributed by atoms with Gasteiger partial charge in [-0.1, -0.05) is 6.58 Å². The Morgan fingerprint density at radius 1 is 1.64 bits per heavy atom. The number of hydrogen-bond donors (Lipinski definition) is 0. The Labute approximate surface area is 82.2 Å². The fourth-order valence-electron chi connectivity index (χ4n) is 0.883. The summed E-state index contributed by atoms with van der Waals surface area (Å²) >= 11 is 0. The van der Waals surface area contributed by atoms with Crippen molar-refractivity contribution in [3.05, 3.63) is 41.7 Å². The van der Waals surface area contributed by atoms with Crippen LogP contribution in [0.15, 0.2) is 30.4 Å². The van der Waals surface area contributed by atoms with Crippen molar-refractivity contribution in [2.45, 2.75) is 6.92 Å². The third kappa shape index (κ3) is 2.60. The first kappa shape index (κ1) is 10.3. The van der Waals surface area contributed by atoms with Gasteiger partial charge in [0.15, 0.2) is 0 Å². The van der Waals surface area contributed by atoms with Gasteiger partial charge in [-0.05, 0) is 24.6 Å². The van der Waals surface area contributed by atoms with Crippen LogP contribution in [0.4, 0.5) is 4.39 Å². The number of nitrogens with zero attached hydrogens (tertiary/aromatic N) is 1. The van der Waals surface area contributed by atoms with Crippen molar-refractivity contribution in [3.8, 4) is 11.8 Å². The zero-order chi connectivity index (χ0) is 10.6. The van der Waals surface area contributed by atoms with Gasteiger partial charge in [0.2, 0.25) is 0 Å². The second-order valence-electron chi connectivity index (χ2n) is 3.00. The van der Waals surface area contributed by atoms with Gasteiger partial charge in [0, 0.05) is 6.07 Å². The Balaban J connectivity index is 2.77. The molecule has 0 atom stereocenters. The van der Waals surface area contributed by atoms with Crippen molar-refractivity contribution in [1.82, 2.24) is 0 Å². The summed E-state index contributed by atoms with van der Waals surface area (Å²) in [6.45, 7) is 5.83. The van der Waals surface area contributed by atoms with Crippen molar-refractivity contribution >= 4 is 0 Å². The molecule has 0 aliphatic heterocycles. The van der Waals surface area contributed by atoms with E-state index in [2.05, 4.69) is 6.58 Å². The van der Waals surface area contributed by atoms with E-state index in [1.54, 1.807) is 12.1 Å². The molecular formula is C11H10FNO. The van der Waals surface area contributed by atoms with E-state index in [4.69, 9.17) is 10.00 Å². The first-order chi connectivity index (χ1) is 6.63. The molecule has 0 aliphatic rings.